The van der Waals surface area contributed by atoms with Crippen LogP contribution in [0.5, 0.6) is 0 Å². The van der Waals surface area contributed by atoms with E-state index in [1.165, 1.54) is 19.3 Å². The molecule has 1 saturated carbocycles. The van der Waals surface area contributed by atoms with Gasteiger partial charge in [0.1, 0.15) is 0 Å². The number of guanidine groups is 1. The van der Waals surface area contributed by atoms with E-state index in [1.807, 2.05) is 11.8 Å². The highest BCUT2D eigenvalue weighted by atomic mass is 127. The van der Waals surface area contributed by atoms with Gasteiger partial charge >= 0.3 is 0 Å². The molecule has 0 aromatic rings. The van der Waals surface area contributed by atoms with Crippen LogP contribution in [0.15, 0.2) is 4.99 Å². The van der Waals surface area contributed by atoms with Crippen molar-refractivity contribution >= 4 is 41.7 Å². The number of nitrogens with zero attached hydrogens (tertiary/aromatic N) is 1. The fourth-order valence-corrected chi connectivity index (χ4v) is 3.51. The summed E-state index contributed by atoms with van der Waals surface area (Å²) in [5.74, 6) is 3.55. The summed E-state index contributed by atoms with van der Waals surface area (Å²) in [6.45, 7) is 4.46. The predicted octanol–water partition coefficient (Wildman–Crippen LogP) is 1.83. The van der Waals surface area contributed by atoms with Gasteiger partial charge in [0, 0.05) is 18.8 Å². The van der Waals surface area contributed by atoms with Crippen LogP contribution < -0.4 is 10.6 Å². The van der Waals surface area contributed by atoms with E-state index >= 15 is 0 Å². The average Bonchev–Trinajstić information content (AvgIpc) is 2.71. The molecule has 2 aliphatic rings. The second-order valence-electron chi connectivity index (χ2n) is 5.40. The van der Waals surface area contributed by atoms with E-state index in [1.54, 1.807) is 0 Å². The first kappa shape index (κ1) is 17.4. The molecule has 2 rings (SSSR count). The third kappa shape index (κ3) is 5.67. The zero-order chi connectivity index (χ0) is 12.8. The van der Waals surface area contributed by atoms with Crippen molar-refractivity contribution in [2.75, 3.05) is 31.1 Å². The summed E-state index contributed by atoms with van der Waals surface area (Å²) in [5, 5.41) is 16.9. The Morgan fingerprint density at radius 2 is 2.21 bits per heavy atom. The average molecular weight is 399 g/mol. The molecule has 19 heavy (non-hydrogen) atoms. The van der Waals surface area contributed by atoms with Crippen molar-refractivity contribution < 1.29 is 5.11 Å². The topological polar surface area (TPSA) is 56.7 Å². The summed E-state index contributed by atoms with van der Waals surface area (Å²) in [6, 6.07) is 0. The van der Waals surface area contributed by atoms with E-state index < -0.39 is 5.60 Å². The second-order valence-corrected chi connectivity index (χ2v) is 6.51. The predicted molar refractivity (Wildman–Crippen MR) is 93.6 cm³/mol. The highest BCUT2D eigenvalue weighted by Crippen LogP contribution is 2.28. The molecule has 1 saturated heterocycles. The number of halogens is 1. The van der Waals surface area contributed by atoms with E-state index in [4.69, 9.17) is 0 Å². The fourth-order valence-electron chi connectivity index (χ4n) is 2.23. The summed E-state index contributed by atoms with van der Waals surface area (Å²) in [7, 11) is 0. The lowest BCUT2D eigenvalue weighted by atomic mass is 9.85. The van der Waals surface area contributed by atoms with Gasteiger partial charge in [-0.05, 0) is 37.9 Å². The van der Waals surface area contributed by atoms with Crippen molar-refractivity contribution in [1.82, 2.24) is 10.6 Å². The normalized spacial score (nSPS) is 27.6. The molecular formula is C13H26IN3OS. The molecule has 0 bridgehead atoms. The van der Waals surface area contributed by atoms with Crippen LogP contribution >= 0.6 is 35.7 Å². The number of nitrogens with one attached hydrogen (secondary N) is 2. The molecule has 0 spiro atoms. The van der Waals surface area contributed by atoms with Gasteiger partial charge in [-0.2, -0.15) is 11.8 Å². The molecule has 112 valence electrons. The van der Waals surface area contributed by atoms with E-state index in [-0.39, 0.29) is 24.0 Å². The van der Waals surface area contributed by atoms with Gasteiger partial charge in [0.2, 0.25) is 0 Å². The largest absolute Gasteiger partial charge is 0.387 e. The lowest BCUT2D eigenvalue weighted by Gasteiger charge is -2.26. The van der Waals surface area contributed by atoms with Crippen LogP contribution in [0.25, 0.3) is 0 Å². The Balaban J connectivity index is 0.00000180. The molecule has 6 heteroatoms. The quantitative estimate of drug-likeness (QED) is 0.375. The standard InChI is InChI=1S/C13H25N3OS.HI/c1-2-14-12(15-8-11-4-3-5-11)16-9-13(17)6-7-18-10-13;/h11,17H,2-10H2,1H3,(H2,14,15,16);1H. The van der Waals surface area contributed by atoms with Crippen molar-refractivity contribution in [1.29, 1.82) is 0 Å². The molecule has 3 N–H and O–H groups in total. The van der Waals surface area contributed by atoms with Gasteiger partial charge in [-0.1, -0.05) is 6.42 Å². The number of aliphatic hydroxyl groups is 1. The van der Waals surface area contributed by atoms with E-state index in [0.717, 1.165) is 42.9 Å². The van der Waals surface area contributed by atoms with Crippen molar-refractivity contribution in [2.45, 2.75) is 38.2 Å². The highest BCUT2D eigenvalue weighted by Gasteiger charge is 2.31. The van der Waals surface area contributed by atoms with Crippen LogP contribution in [0, 0.1) is 5.92 Å². The van der Waals surface area contributed by atoms with Gasteiger partial charge in [0.05, 0.1) is 12.1 Å². The van der Waals surface area contributed by atoms with Crippen molar-refractivity contribution in [3.05, 3.63) is 0 Å². The van der Waals surface area contributed by atoms with Crippen LogP contribution in [0.4, 0.5) is 0 Å². The molecule has 1 unspecified atom stereocenters. The van der Waals surface area contributed by atoms with Crippen LogP contribution in [-0.4, -0.2) is 47.8 Å². The lowest BCUT2D eigenvalue weighted by Crippen LogP contribution is -2.42. The van der Waals surface area contributed by atoms with Gasteiger partial charge in [0.15, 0.2) is 5.96 Å². The van der Waals surface area contributed by atoms with Crippen LogP contribution in [0.3, 0.4) is 0 Å². The minimum absolute atomic E-state index is 0. The lowest BCUT2D eigenvalue weighted by molar-refractivity contribution is 0.0778. The molecular weight excluding hydrogens is 373 g/mol. The third-order valence-electron chi connectivity index (χ3n) is 3.74. The van der Waals surface area contributed by atoms with Gasteiger partial charge < -0.3 is 15.7 Å². The Hall–Kier alpha value is 0.310. The van der Waals surface area contributed by atoms with Crippen molar-refractivity contribution in [3.8, 4) is 0 Å². The maximum Gasteiger partial charge on any atom is 0.191 e. The summed E-state index contributed by atoms with van der Waals surface area (Å²) in [5.41, 5.74) is -0.580. The zero-order valence-corrected chi connectivity index (χ0v) is 14.8. The molecule has 0 amide bonds. The van der Waals surface area contributed by atoms with Crippen molar-refractivity contribution in [3.63, 3.8) is 0 Å². The van der Waals surface area contributed by atoms with Gasteiger partial charge in [0.25, 0.3) is 0 Å². The molecule has 2 fully saturated rings. The number of rotatable bonds is 5. The summed E-state index contributed by atoms with van der Waals surface area (Å²) in [4.78, 5) is 4.53. The summed E-state index contributed by atoms with van der Waals surface area (Å²) >= 11 is 1.82. The summed E-state index contributed by atoms with van der Waals surface area (Å²) < 4.78 is 0. The number of aliphatic imine (C=N–C) groups is 1. The molecule has 0 aromatic carbocycles. The SMILES string of the molecule is CCNC(=NCC1(O)CCSC1)NCC1CCC1.I. The fraction of sp³-hybridized carbons (Fsp3) is 0.923. The molecule has 1 aliphatic heterocycles. The molecule has 1 aliphatic carbocycles. The molecule has 0 aromatic heterocycles. The second kappa shape index (κ2) is 8.56. The first-order valence-electron chi connectivity index (χ1n) is 7.04. The summed E-state index contributed by atoms with van der Waals surface area (Å²) in [6.07, 6.45) is 4.92. The number of thioether (sulfide) groups is 1. The monoisotopic (exact) mass is 399 g/mol. The zero-order valence-electron chi connectivity index (χ0n) is 11.7. The van der Waals surface area contributed by atoms with Crippen LogP contribution in [-0.2, 0) is 0 Å². The van der Waals surface area contributed by atoms with E-state index in [9.17, 15) is 5.11 Å². The first-order chi connectivity index (χ1) is 8.72. The Morgan fingerprint density at radius 3 is 2.74 bits per heavy atom. The van der Waals surface area contributed by atoms with Gasteiger partial charge in [-0.25, -0.2) is 0 Å². The minimum atomic E-state index is -0.580. The first-order valence-corrected chi connectivity index (χ1v) is 8.20. The Labute approximate surface area is 137 Å². The van der Waals surface area contributed by atoms with Crippen LogP contribution in [0.2, 0.25) is 0 Å². The maximum atomic E-state index is 10.3. The number of hydrogen-bond donors (Lipinski definition) is 3. The molecule has 1 atom stereocenters. The Bertz CT molecular complexity index is 292. The Kier molecular flexibility index (Phi) is 7.83. The van der Waals surface area contributed by atoms with E-state index in [0.29, 0.717) is 6.54 Å². The van der Waals surface area contributed by atoms with Gasteiger partial charge in [-0.15, -0.1) is 24.0 Å². The van der Waals surface area contributed by atoms with Crippen LogP contribution in [0.1, 0.15) is 32.6 Å². The number of hydrogen-bond acceptors (Lipinski definition) is 3. The van der Waals surface area contributed by atoms with E-state index in [2.05, 4.69) is 22.5 Å². The molecule has 4 nitrogen and oxygen atoms in total. The molecule has 0 radical (unpaired) electrons. The smallest absolute Gasteiger partial charge is 0.191 e. The maximum absolute atomic E-state index is 10.3. The highest BCUT2D eigenvalue weighted by molar-refractivity contribution is 14.0. The van der Waals surface area contributed by atoms with Gasteiger partial charge in [-0.3, -0.25) is 4.99 Å². The molecule has 1 heterocycles. The van der Waals surface area contributed by atoms with Crippen molar-refractivity contribution in [2.24, 2.45) is 10.9 Å². The minimum Gasteiger partial charge on any atom is -0.387 e. The third-order valence-corrected chi connectivity index (χ3v) is 4.98. The Morgan fingerprint density at radius 1 is 1.42 bits per heavy atom.